The van der Waals surface area contributed by atoms with Crippen molar-refractivity contribution >= 4 is 5.91 Å². The Balaban J connectivity index is 1.43. The van der Waals surface area contributed by atoms with Gasteiger partial charge in [-0.3, -0.25) is 4.79 Å². The second-order valence-electron chi connectivity index (χ2n) is 6.58. The fourth-order valence-corrected chi connectivity index (χ4v) is 4.14. The minimum atomic E-state index is 0.313. The summed E-state index contributed by atoms with van der Waals surface area (Å²) in [5, 5.41) is 6.90. The Bertz CT molecular complexity index is 287. The van der Waals surface area contributed by atoms with Crippen molar-refractivity contribution in [3.05, 3.63) is 0 Å². The predicted octanol–water partition coefficient (Wildman–Crippen LogP) is 2.36. The summed E-state index contributed by atoms with van der Waals surface area (Å²) in [5.74, 6) is 0.945. The number of carbonyl (C=O) groups excluding carboxylic acids is 1. The molecule has 1 saturated carbocycles. The summed E-state index contributed by atoms with van der Waals surface area (Å²) in [6.45, 7) is 0. The van der Waals surface area contributed by atoms with Gasteiger partial charge in [0.1, 0.15) is 0 Å². The topological polar surface area (TPSA) is 41.1 Å². The molecule has 3 heteroatoms. The lowest BCUT2D eigenvalue weighted by Gasteiger charge is -2.29. The monoisotopic (exact) mass is 250 g/mol. The molecule has 3 aliphatic rings. The van der Waals surface area contributed by atoms with Crippen LogP contribution < -0.4 is 10.6 Å². The van der Waals surface area contributed by atoms with Gasteiger partial charge in [0.05, 0.1) is 0 Å². The molecule has 2 bridgehead atoms. The van der Waals surface area contributed by atoms with Gasteiger partial charge in [-0.2, -0.15) is 0 Å². The Morgan fingerprint density at radius 3 is 2.33 bits per heavy atom. The van der Waals surface area contributed by atoms with Crippen LogP contribution in [0.15, 0.2) is 0 Å². The second kappa shape index (κ2) is 5.60. The summed E-state index contributed by atoms with van der Waals surface area (Å²) in [5.41, 5.74) is 0. The van der Waals surface area contributed by atoms with E-state index >= 15 is 0 Å². The average molecular weight is 250 g/mol. The molecule has 2 unspecified atom stereocenters. The molecule has 0 aromatic rings. The zero-order valence-electron chi connectivity index (χ0n) is 11.3. The van der Waals surface area contributed by atoms with E-state index in [1.54, 1.807) is 0 Å². The average Bonchev–Trinajstić information content (AvgIpc) is 2.70. The zero-order valence-corrected chi connectivity index (χ0v) is 11.3. The van der Waals surface area contributed by atoms with Crippen LogP contribution in [0.4, 0.5) is 0 Å². The van der Waals surface area contributed by atoms with Crippen molar-refractivity contribution in [2.45, 2.75) is 82.3 Å². The summed E-state index contributed by atoms with van der Waals surface area (Å²) in [6, 6.07) is 1.89. The van der Waals surface area contributed by atoms with E-state index < -0.39 is 0 Å². The van der Waals surface area contributed by atoms with Gasteiger partial charge < -0.3 is 10.6 Å². The van der Waals surface area contributed by atoms with E-state index in [1.807, 2.05) is 0 Å². The largest absolute Gasteiger partial charge is 0.353 e. The van der Waals surface area contributed by atoms with Crippen LogP contribution >= 0.6 is 0 Å². The first-order chi connectivity index (χ1) is 8.79. The molecular weight excluding hydrogens is 224 g/mol. The smallest absolute Gasteiger partial charge is 0.220 e. The Hall–Kier alpha value is -0.570. The van der Waals surface area contributed by atoms with Crippen LogP contribution in [0.25, 0.3) is 0 Å². The van der Waals surface area contributed by atoms with Gasteiger partial charge in [-0.25, -0.2) is 0 Å². The standard InChI is InChI=1S/C15H26N2O/c18-15(17-12-4-2-1-3-5-12)10-11-8-13-6-7-14(9-11)16-13/h11-14,16H,1-10H2,(H,17,18). The molecule has 2 heterocycles. The highest BCUT2D eigenvalue weighted by Gasteiger charge is 2.34. The van der Waals surface area contributed by atoms with E-state index in [2.05, 4.69) is 10.6 Å². The normalized spacial score (nSPS) is 36.6. The van der Waals surface area contributed by atoms with Gasteiger partial charge in [0, 0.05) is 24.5 Å². The lowest BCUT2D eigenvalue weighted by atomic mass is 9.89. The fourth-order valence-electron chi connectivity index (χ4n) is 4.14. The van der Waals surface area contributed by atoms with Crippen LogP contribution in [0.5, 0.6) is 0 Å². The third-order valence-corrected chi connectivity index (χ3v) is 5.02. The van der Waals surface area contributed by atoms with E-state index in [0.717, 1.165) is 6.42 Å². The van der Waals surface area contributed by atoms with E-state index in [-0.39, 0.29) is 0 Å². The molecule has 2 saturated heterocycles. The highest BCUT2D eigenvalue weighted by molar-refractivity contribution is 5.76. The van der Waals surface area contributed by atoms with Crippen molar-refractivity contribution in [2.24, 2.45) is 5.92 Å². The molecule has 0 radical (unpaired) electrons. The zero-order chi connectivity index (χ0) is 12.4. The molecule has 2 aliphatic heterocycles. The molecule has 0 aromatic heterocycles. The molecule has 18 heavy (non-hydrogen) atoms. The van der Waals surface area contributed by atoms with Gasteiger partial charge in [0.2, 0.25) is 5.91 Å². The van der Waals surface area contributed by atoms with E-state index in [0.29, 0.717) is 30.0 Å². The van der Waals surface area contributed by atoms with E-state index in [9.17, 15) is 4.79 Å². The van der Waals surface area contributed by atoms with Crippen molar-refractivity contribution in [2.75, 3.05) is 0 Å². The second-order valence-corrected chi connectivity index (χ2v) is 6.58. The Morgan fingerprint density at radius 1 is 1.00 bits per heavy atom. The maximum absolute atomic E-state index is 12.1. The molecule has 3 rings (SSSR count). The summed E-state index contributed by atoms with van der Waals surface area (Å²) < 4.78 is 0. The lowest BCUT2D eigenvalue weighted by Crippen LogP contribution is -2.41. The third kappa shape index (κ3) is 3.05. The number of carbonyl (C=O) groups is 1. The van der Waals surface area contributed by atoms with Crippen molar-refractivity contribution in [1.29, 1.82) is 0 Å². The van der Waals surface area contributed by atoms with Crippen LogP contribution in [0, 0.1) is 5.92 Å². The fraction of sp³-hybridized carbons (Fsp3) is 0.933. The van der Waals surface area contributed by atoms with Crippen LogP contribution in [0.3, 0.4) is 0 Å². The van der Waals surface area contributed by atoms with Gasteiger partial charge in [-0.05, 0) is 44.4 Å². The molecule has 1 amide bonds. The quantitative estimate of drug-likeness (QED) is 0.807. The molecule has 102 valence electrons. The van der Waals surface area contributed by atoms with Crippen molar-refractivity contribution in [3.63, 3.8) is 0 Å². The van der Waals surface area contributed by atoms with Gasteiger partial charge in [0.25, 0.3) is 0 Å². The Labute approximate surface area is 110 Å². The van der Waals surface area contributed by atoms with Gasteiger partial charge in [-0.1, -0.05) is 19.3 Å². The molecule has 0 aromatic carbocycles. The number of piperidine rings is 1. The van der Waals surface area contributed by atoms with Crippen molar-refractivity contribution in [3.8, 4) is 0 Å². The highest BCUT2D eigenvalue weighted by atomic mass is 16.1. The Morgan fingerprint density at radius 2 is 1.67 bits per heavy atom. The predicted molar refractivity (Wildman–Crippen MR) is 72.3 cm³/mol. The molecule has 3 nitrogen and oxygen atoms in total. The molecule has 1 aliphatic carbocycles. The van der Waals surface area contributed by atoms with Crippen LogP contribution in [0.1, 0.15) is 64.2 Å². The first kappa shape index (κ1) is 12.5. The third-order valence-electron chi connectivity index (χ3n) is 5.02. The van der Waals surface area contributed by atoms with Crippen LogP contribution in [-0.2, 0) is 4.79 Å². The van der Waals surface area contributed by atoms with Gasteiger partial charge >= 0.3 is 0 Å². The Kier molecular flexibility index (Phi) is 3.88. The maximum Gasteiger partial charge on any atom is 0.220 e. The molecule has 3 fully saturated rings. The molecule has 2 N–H and O–H groups in total. The minimum Gasteiger partial charge on any atom is -0.353 e. The lowest BCUT2D eigenvalue weighted by molar-refractivity contribution is -0.123. The number of nitrogens with one attached hydrogen (secondary N) is 2. The highest BCUT2D eigenvalue weighted by Crippen LogP contribution is 2.32. The van der Waals surface area contributed by atoms with Crippen molar-refractivity contribution in [1.82, 2.24) is 10.6 Å². The number of rotatable bonds is 3. The first-order valence-electron chi connectivity index (χ1n) is 7.85. The molecule has 0 spiro atoms. The number of hydrogen-bond acceptors (Lipinski definition) is 2. The van der Waals surface area contributed by atoms with Crippen LogP contribution in [-0.4, -0.2) is 24.0 Å². The number of amides is 1. The SMILES string of the molecule is O=C(CC1CC2CCC(C1)N2)NC1CCCCC1. The molecule has 2 atom stereocenters. The number of hydrogen-bond donors (Lipinski definition) is 2. The van der Waals surface area contributed by atoms with E-state index in [1.165, 1.54) is 57.8 Å². The van der Waals surface area contributed by atoms with Crippen molar-refractivity contribution < 1.29 is 4.79 Å². The van der Waals surface area contributed by atoms with E-state index in [4.69, 9.17) is 0 Å². The summed E-state index contributed by atoms with van der Waals surface area (Å²) in [6.07, 6.45) is 12.2. The summed E-state index contributed by atoms with van der Waals surface area (Å²) in [7, 11) is 0. The first-order valence-corrected chi connectivity index (χ1v) is 7.85. The number of fused-ring (bicyclic) bond motifs is 2. The minimum absolute atomic E-state index is 0.313. The van der Waals surface area contributed by atoms with Gasteiger partial charge in [-0.15, -0.1) is 0 Å². The van der Waals surface area contributed by atoms with Crippen LogP contribution in [0.2, 0.25) is 0 Å². The summed E-state index contributed by atoms with van der Waals surface area (Å²) in [4.78, 5) is 12.1. The van der Waals surface area contributed by atoms with Gasteiger partial charge in [0.15, 0.2) is 0 Å². The molecular formula is C15H26N2O. The maximum atomic E-state index is 12.1. The summed E-state index contributed by atoms with van der Waals surface area (Å²) >= 11 is 0.